The standard InChI is InChI=1S/C16H14FNOS/c17-13-5-6-15-14(9-13)18-16(20-15)7-4-11-2-1-3-12(8-11)10-19/h1-3,5-6,8-9,19H,4,7,10H2. The summed E-state index contributed by atoms with van der Waals surface area (Å²) >= 11 is 1.61. The summed E-state index contributed by atoms with van der Waals surface area (Å²) in [6, 6.07) is 12.6. The maximum atomic E-state index is 13.1. The van der Waals surface area contributed by atoms with Crippen LogP contribution in [0, 0.1) is 5.82 Å². The molecule has 0 radical (unpaired) electrons. The highest BCUT2D eigenvalue weighted by Crippen LogP contribution is 2.23. The van der Waals surface area contributed by atoms with Gasteiger partial charge in [-0.3, -0.25) is 0 Å². The lowest BCUT2D eigenvalue weighted by atomic mass is 10.1. The van der Waals surface area contributed by atoms with Crippen LogP contribution in [0.5, 0.6) is 0 Å². The van der Waals surface area contributed by atoms with E-state index in [-0.39, 0.29) is 12.4 Å². The number of thiazole rings is 1. The van der Waals surface area contributed by atoms with E-state index in [1.807, 2.05) is 24.3 Å². The number of fused-ring (bicyclic) bond motifs is 1. The number of hydrogen-bond donors (Lipinski definition) is 1. The van der Waals surface area contributed by atoms with E-state index in [4.69, 9.17) is 5.11 Å². The zero-order chi connectivity index (χ0) is 13.9. The zero-order valence-corrected chi connectivity index (χ0v) is 11.7. The number of aliphatic hydroxyl groups is 1. The summed E-state index contributed by atoms with van der Waals surface area (Å²) in [4.78, 5) is 4.46. The first kappa shape index (κ1) is 13.2. The van der Waals surface area contributed by atoms with Crippen molar-refractivity contribution in [2.24, 2.45) is 0 Å². The molecule has 0 bridgehead atoms. The number of aryl methyl sites for hydroxylation is 2. The largest absolute Gasteiger partial charge is 0.392 e. The molecule has 2 nitrogen and oxygen atoms in total. The normalized spacial score (nSPS) is 11.1. The van der Waals surface area contributed by atoms with Gasteiger partial charge in [0.15, 0.2) is 0 Å². The van der Waals surface area contributed by atoms with Crippen LogP contribution in [0.25, 0.3) is 10.2 Å². The molecule has 0 amide bonds. The van der Waals surface area contributed by atoms with E-state index >= 15 is 0 Å². The fraction of sp³-hybridized carbons (Fsp3) is 0.188. The topological polar surface area (TPSA) is 33.1 Å². The summed E-state index contributed by atoms with van der Waals surface area (Å²) in [6.45, 7) is 0.0637. The molecule has 0 atom stereocenters. The quantitative estimate of drug-likeness (QED) is 0.793. The van der Waals surface area contributed by atoms with Gasteiger partial charge in [-0.05, 0) is 29.7 Å². The Labute approximate surface area is 120 Å². The summed E-state index contributed by atoms with van der Waals surface area (Å²) in [7, 11) is 0. The summed E-state index contributed by atoms with van der Waals surface area (Å²) in [5.74, 6) is -0.245. The van der Waals surface area contributed by atoms with Crippen molar-refractivity contribution in [3.8, 4) is 0 Å². The number of rotatable bonds is 4. The molecule has 20 heavy (non-hydrogen) atoms. The highest BCUT2D eigenvalue weighted by molar-refractivity contribution is 7.18. The van der Waals surface area contributed by atoms with Gasteiger partial charge in [-0.2, -0.15) is 0 Å². The molecule has 4 heteroatoms. The summed E-state index contributed by atoms with van der Waals surface area (Å²) in [5.41, 5.74) is 2.84. The van der Waals surface area contributed by atoms with Gasteiger partial charge in [0.25, 0.3) is 0 Å². The summed E-state index contributed by atoms with van der Waals surface area (Å²) in [6.07, 6.45) is 1.70. The van der Waals surface area contributed by atoms with E-state index in [0.29, 0.717) is 0 Å². The first-order valence-electron chi connectivity index (χ1n) is 6.48. The smallest absolute Gasteiger partial charge is 0.125 e. The molecular formula is C16H14FNOS. The molecule has 0 saturated heterocycles. The van der Waals surface area contributed by atoms with E-state index in [1.165, 1.54) is 17.7 Å². The van der Waals surface area contributed by atoms with Gasteiger partial charge in [0.05, 0.1) is 21.8 Å². The molecule has 0 fully saturated rings. The number of aliphatic hydroxyl groups excluding tert-OH is 1. The monoisotopic (exact) mass is 287 g/mol. The van der Waals surface area contributed by atoms with Crippen LogP contribution in [0.1, 0.15) is 16.1 Å². The number of nitrogens with zero attached hydrogens (tertiary/aromatic N) is 1. The van der Waals surface area contributed by atoms with Crippen molar-refractivity contribution in [2.75, 3.05) is 0 Å². The third-order valence-corrected chi connectivity index (χ3v) is 4.29. The highest BCUT2D eigenvalue weighted by atomic mass is 32.1. The highest BCUT2D eigenvalue weighted by Gasteiger charge is 2.05. The van der Waals surface area contributed by atoms with Crippen molar-refractivity contribution in [1.29, 1.82) is 0 Å². The van der Waals surface area contributed by atoms with E-state index in [2.05, 4.69) is 4.98 Å². The Morgan fingerprint density at radius 1 is 1.05 bits per heavy atom. The van der Waals surface area contributed by atoms with E-state index in [0.717, 1.165) is 33.6 Å². The molecule has 3 aromatic rings. The molecule has 0 aliphatic heterocycles. The fourth-order valence-corrected chi connectivity index (χ4v) is 3.14. The van der Waals surface area contributed by atoms with Gasteiger partial charge in [-0.25, -0.2) is 9.37 Å². The van der Waals surface area contributed by atoms with Crippen LogP contribution in [-0.4, -0.2) is 10.1 Å². The molecule has 1 N–H and O–H groups in total. The van der Waals surface area contributed by atoms with Crippen LogP contribution in [0.4, 0.5) is 4.39 Å². The minimum atomic E-state index is -0.245. The van der Waals surface area contributed by atoms with E-state index < -0.39 is 0 Å². The zero-order valence-electron chi connectivity index (χ0n) is 10.8. The van der Waals surface area contributed by atoms with Crippen molar-refractivity contribution in [3.63, 3.8) is 0 Å². The predicted octanol–water partition coefficient (Wildman–Crippen LogP) is 3.71. The second-order valence-corrected chi connectivity index (χ2v) is 5.81. The van der Waals surface area contributed by atoms with E-state index in [1.54, 1.807) is 17.4 Å². The summed E-state index contributed by atoms with van der Waals surface area (Å²) in [5, 5.41) is 10.1. The summed E-state index contributed by atoms with van der Waals surface area (Å²) < 4.78 is 14.1. The van der Waals surface area contributed by atoms with Gasteiger partial charge in [0, 0.05) is 12.5 Å². The van der Waals surface area contributed by atoms with Crippen molar-refractivity contribution in [1.82, 2.24) is 4.98 Å². The van der Waals surface area contributed by atoms with Gasteiger partial charge in [-0.1, -0.05) is 24.3 Å². The number of benzene rings is 2. The number of halogens is 1. The first-order chi connectivity index (χ1) is 9.74. The molecule has 0 saturated carbocycles. The SMILES string of the molecule is OCc1cccc(CCc2nc3cc(F)ccc3s2)c1. The predicted molar refractivity (Wildman–Crippen MR) is 79.4 cm³/mol. The molecule has 102 valence electrons. The Balaban J connectivity index is 1.76. The average molecular weight is 287 g/mol. The molecule has 1 heterocycles. The second kappa shape index (κ2) is 5.69. The molecule has 0 aliphatic rings. The Morgan fingerprint density at radius 2 is 1.90 bits per heavy atom. The molecule has 0 spiro atoms. The number of hydrogen-bond acceptors (Lipinski definition) is 3. The molecular weight excluding hydrogens is 273 g/mol. The molecule has 2 aromatic carbocycles. The van der Waals surface area contributed by atoms with E-state index in [9.17, 15) is 4.39 Å². The molecule has 0 unspecified atom stereocenters. The number of aromatic nitrogens is 1. The van der Waals surface area contributed by atoms with Gasteiger partial charge < -0.3 is 5.11 Å². The van der Waals surface area contributed by atoms with Crippen molar-refractivity contribution in [2.45, 2.75) is 19.4 Å². The average Bonchev–Trinajstić information content (AvgIpc) is 2.87. The minimum Gasteiger partial charge on any atom is -0.392 e. The second-order valence-electron chi connectivity index (χ2n) is 4.70. The minimum absolute atomic E-state index is 0.0637. The van der Waals surface area contributed by atoms with Crippen LogP contribution < -0.4 is 0 Å². The van der Waals surface area contributed by atoms with Gasteiger partial charge in [0.2, 0.25) is 0 Å². The Bertz CT molecular complexity index is 738. The lowest BCUT2D eigenvalue weighted by molar-refractivity contribution is 0.281. The van der Waals surface area contributed by atoms with Crippen molar-refractivity contribution >= 4 is 21.6 Å². The molecule has 0 aliphatic carbocycles. The lowest BCUT2D eigenvalue weighted by Gasteiger charge is -2.01. The lowest BCUT2D eigenvalue weighted by Crippen LogP contribution is -1.92. The Kier molecular flexibility index (Phi) is 3.76. The van der Waals surface area contributed by atoms with Gasteiger partial charge >= 0.3 is 0 Å². The van der Waals surface area contributed by atoms with Crippen molar-refractivity contribution in [3.05, 3.63) is 64.4 Å². The first-order valence-corrected chi connectivity index (χ1v) is 7.30. The third-order valence-electron chi connectivity index (χ3n) is 3.20. The van der Waals surface area contributed by atoms with Crippen LogP contribution in [-0.2, 0) is 19.4 Å². The maximum absolute atomic E-state index is 13.1. The van der Waals surface area contributed by atoms with Crippen LogP contribution in [0.3, 0.4) is 0 Å². The van der Waals surface area contributed by atoms with Gasteiger partial charge in [0.1, 0.15) is 5.82 Å². The Morgan fingerprint density at radius 3 is 2.75 bits per heavy atom. The third kappa shape index (κ3) is 2.86. The molecule has 1 aromatic heterocycles. The van der Waals surface area contributed by atoms with Crippen LogP contribution >= 0.6 is 11.3 Å². The fourth-order valence-electron chi connectivity index (χ4n) is 2.19. The maximum Gasteiger partial charge on any atom is 0.125 e. The van der Waals surface area contributed by atoms with Crippen molar-refractivity contribution < 1.29 is 9.50 Å². The van der Waals surface area contributed by atoms with Gasteiger partial charge in [-0.15, -0.1) is 11.3 Å². The van der Waals surface area contributed by atoms with Crippen LogP contribution in [0.2, 0.25) is 0 Å². The Hall–Kier alpha value is -1.78. The van der Waals surface area contributed by atoms with Crippen LogP contribution in [0.15, 0.2) is 42.5 Å². The molecule has 3 rings (SSSR count).